The Morgan fingerprint density at radius 3 is 2.64 bits per heavy atom. The molecular formula is C24H40IN5O3. The summed E-state index contributed by atoms with van der Waals surface area (Å²) in [6, 6.07) is 7.81. The van der Waals surface area contributed by atoms with Gasteiger partial charge in [-0.1, -0.05) is 12.1 Å². The summed E-state index contributed by atoms with van der Waals surface area (Å²) in [5.41, 5.74) is 1.26. The maximum atomic E-state index is 12.4. The molecule has 1 aliphatic heterocycles. The van der Waals surface area contributed by atoms with Gasteiger partial charge in [0.2, 0.25) is 0 Å². The molecule has 1 aromatic rings. The van der Waals surface area contributed by atoms with E-state index in [1.54, 1.807) is 23.9 Å². The first kappa shape index (κ1) is 29.0. The Morgan fingerprint density at radius 2 is 2.00 bits per heavy atom. The van der Waals surface area contributed by atoms with Crippen LogP contribution in [0.15, 0.2) is 29.3 Å². The van der Waals surface area contributed by atoms with Gasteiger partial charge in [-0.3, -0.25) is 9.79 Å². The summed E-state index contributed by atoms with van der Waals surface area (Å²) < 4.78 is 5.52. The maximum Gasteiger partial charge on any atom is 0.410 e. The highest BCUT2D eigenvalue weighted by molar-refractivity contribution is 14.0. The number of likely N-dealkylation sites (tertiary alicyclic amines) is 1. The number of benzene rings is 1. The SMILES string of the molecule is CCNC(=NCCc1cccc(C(=O)N(C)C)c1)NC1CCCN(C(=O)OC(C)(C)C)C1.I. The molecule has 8 nitrogen and oxygen atoms in total. The van der Waals surface area contributed by atoms with Crippen molar-refractivity contribution < 1.29 is 14.3 Å². The summed E-state index contributed by atoms with van der Waals surface area (Å²) in [7, 11) is 3.51. The first-order valence-electron chi connectivity index (χ1n) is 11.4. The molecule has 0 bridgehead atoms. The number of guanidine groups is 1. The quantitative estimate of drug-likeness (QED) is 0.309. The summed E-state index contributed by atoms with van der Waals surface area (Å²) in [6.07, 6.45) is 2.36. The number of hydrogen-bond acceptors (Lipinski definition) is 4. The van der Waals surface area contributed by atoms with Crippen LogP contribution in [0.5, 0.6) is 0 Å². The number of carbonyl (C=O) groups excluding carboxylic acids is 2. The monoisotopic (exact) mass is 573 g/mol. The van der Waals surface area contributed by atoms with Crippen LogP contribution in [-0.2, 0) is 11.2 Å². The summed E-state index contributed by atoms with van der Waals surface area (Å²) in [5, 5.41) is 6.75. The standard InChI is InChI=1S/C24H39N5O3.HI/c1-7-25-22(26-14-13-18-10-8-11-19(16-18)21(30)28(5)6)27-20-12-9-15-29(17-20)23(31)32-24(2,3)4;/h8,10-11,16,20H,7,9,12-15,17H2,1-6H3,(H2,25,26,27);1H. The third-order valence-corrected chi connectivity index (χ3v) is 5.01. The predicted octanol–water partition coefficient (Wildman–Crippen LogP) is 3.50. The summed E-state index contributed by atoms with van der Waals surface area (Å²) in [4.78, 5) is 32.6. The molecule has 1 aliphatic rings. The third-order valence-electron chi connectivity index (χ3n) is 5.01. The van der Waals surface area contributed by atoms with E-state index in [2.05, 4.69) is 10.6 Å². The second-order valence-electron chi connectivity index (χ2n) is 9.32. The minimum absolute atomic E-state index is 0. The largest absolute Gasteiger partial charge is 0.444 e. The number of nitrogens with one attached hydrogen (secondary N) is 2. The molecule has 1 heterocycles. The maximum absolute atomic E-state index is 12.4. The first-order chi connectivity index (χ1) is 15.1. The molecule has 9 heteroatoms. The molecule has 1 aromatic carbocycles. The number of halogens is 1. The molecule has 1 atom stereocenters. The van der Waals surface area contributed by atoms with Gasteiger partial charge in [0.1, 0.15) is 5.60 Å². The topological polar surface area (TPSA) is 86.3 Å². The minimum Gasteiger partial charge on any atom is -0.444 e. The Balaban J connectivity index is 0.00000544. The zero-order chi connectivity index (χ0) is 23.7. The molecule has 2 amide bonds. The van der Waals surface area contributed by atoms with Gasteiger partial charge in [0.15, 0.2) is 5.96 Å². The number of carbonyl (C=O) groups is 2. The second-order valence-corrected chi connectivity index (χ2v) is 9.32. The number of ether oxygens (including phenoxy) is 1. The number of amides is 2. The van der Waals surface area contributed by atoms with E-state index in [0.29, 0.717) is 25.2 Å². The van der Waals surface area contributed by atoms with Gasteiger partial charge in [0.05, 0.1) is 0 Å². The Bertz CT molecular complexity index is 808. The molecule has 0 aliphatic carbocycles. The zero-order valence-corrected chi connectivity index (χ0v) is 23.1. The molecule has 1 unspecified atom stereocenters. The molecule has 33 heavy (non-hydrogen) atoms. The summed E-state index contributed by atoms with van der Waals surface area (Å²) in [6.45, 7) is 10.3. The molecular weight excluding hydrogens is 533 g/mol. The average Bonchev–Trinajstić information content (AvgIpc) is 2.72. The fourth-order valence-electron chi connectivity index (χ4n) is 3.52. The normalized spacial score (nSPS) is 16.5. The highest BCUT2D eigenvalue weighted by Gasteiger charge is 2.28. The summed E-state index contributed by atoms with van der Waals surface area (Å²) >= 11 is 0. The highest BCUT2D eigenvalue weighted by Crippen LogP contribution is 2.15. The van der Waals surface area contributed by atoms with Gasteiger partial charge in [-0.15, -0.1) is 24.0 Å². The van der Waals surface area contributed by atoms with Crippen molar-refractivity contribution in [3.8, 4) is 0 Å². The van der Waals surface area contributed by atoms with E-state index in [4.69, 9.17) is 9.73 Å². The number of aliphatic imine (C=N–C) groups is 1. The van der Waals surface area contributed by atoms with Crippen LogP contribution in [0.3, 0.4) is 0 Å². The molecule has 2 N–H and O–H groups in total. The average molecular weight is 574 g/mol. The van der Waals surface area contributed by atoms with Crippen molar-refractivity contribution in [2.45, 2.75) is 58.6 Å². The van der Waals surface area contributed by atoms with Crippen molar-refractivity contribution >= 4 is 41.9 Å². The molecule has 1 fully saturated rings. The first-order valence-corrected chi connectivity index (χ1v) is 11.4. The van der Waals surface area contributed by atoms with E-state index < -0.39 is 5.60 Å². The summed E-state index contributed by atoms with van der Waals surface area (Å²) in [5.74, 6) is 0.737. The lowest BCUT2D eigenvalue weighted by Gasteiger charge is -2.35. The third kappa shape index (κ3) is 10.2. The van der Waals surface area contributed by atoms with Crippen molar-refractivity contribution in [2.75, 3.05) is 40.3 Å². The lowest BCUT2D eigenvalue weighted by atomic mass is 10.1. The smallest absolute Gasteiger partial charge is 0.410 e. The van der Waals surface area contributed by atoms with E-state index in [-0.39, 0.29) is 42.0 Å². The van der Waals surface area contributed by atoms with Gasteiger partial charge in [-0.25, -0.2) is 4.79 Å². The predicted molar refractivity (Wildman–Crippen MR) is 144 cm³/mol. The van der Waals surface area contributed by atoms with Gasteiger partial charge >= 0.3 is 6.09 Å². The van der Waals surface area contributed by atoms with E-state index in [1.807, 2.05) is 52.0 Å². The lowest BCUT2D eigenvalue weighted by molar-refractivity contribution is 0.0193. The molecule has 0 spiro atoms. The molecule has 2 rings (SSSR count). The van der Waals surface area contributed by atoms with Crippen LogP contribution in [0.2, 0.25) is 0 Å². The number of rotatable bonds is 6. The molecule has 186 valence electrons. The second kappa shape index (κ2) is 13.6. The highest BCUT2D eigenvalue weighted by atomic mass is 127. The van der Waals surface area contributed by atoms with Crippen molar-refractivity contribution in [2.24, 2.45) is 4.99 Å². The van der Waals surface area contributed by atoms with E-state index in [0.717, 1.165) is 37.3 Å². The van der Waals surface area contributed by atoms with Crippen molar-refractivity contribution in [3.05, 3.63) is 35.4 Å². The molecule has 0 radical (unpaired) electrons. The van der Waals surface area contributed by atoms with E-state index >= 15 is 0 Å². The Kier molecular flexibility index (Phi) is 12.0. The van der Waals surface area contributed by atoms with Gasteiger partial charge < -0.3 is 25.2 Å². The fraction of sp³-hybridized carbons (Fsp3) is 0.625. The van der Waals surface area contributed by atoms with Gasteiger partial charge in [-0.05, 0) is 64.7 Å². The molecule has 0 saturated carbocycles. The van der Waals surface area contributed by atoms with Crippen LogP contribution in [0.4, 0.5) is 4.79 Å². The van der Waals surface area contributed by atoms with Crippen LogP contribution in [0.1, 0.15) is 56.5 Å². The fourth-order valence-corrected chi connectivity index (χ4v) is 3.52. The van der Waals surface area contributed by atoms with Gasteiger partial charge in [0, 0.05) is 51.9 Å². The van der Waals surface area contributed by atoms with Crippen LogP contribution in [0, 0.1) is 0 Å². The van der Waals surface area contributed by atoms with Gasteiger partial charge in [-0.2, -0.15) is 0 Å². The number of piperidine rings is 1. The molecule has 0 aromatic heterocycles. The van der Waals surface area contributed by atoms with Crippen LogP contribution in [0.25, 0.3) is 0 Å². The van der Waals surface area contributed by atoms with E-state index in [1.165, 1.54) is 0 Å². The van der Waals surface area contributed by atoms with Crippen molar-refractivity contribution in [1.82, 2.24) is 20.4 Å². The number of hydrogen-bond donors (Lipinski definition) is 2. The van der Waals surface area contributed by atoms with E-state index in [9.17, 15) is 9.59 Å². The zero-order valence-electron chi connectivity index (χ0n) is 20.8. The Morgan fingerprint density at radius 1 is 1.27 bits per heavy atom. The van der Waals surface area contributed by atoms with Crippen LogP contribution in [-0.4, -0.2) is 79.7 Å². The lowest BCUT2D eigenvalue weighted by Crippen LogP contribution is -2.53. The van der Waals surface area contributed by atoms with Crippen LogP contribution >= 0.6 is 24.0 Å². The van der Waals surface area contributed by atoms with Crippen LogP contribution < -0.4 is 10.6 Å². The van der Waals surface area contributed by atoms with Crippen molar-refractivity contribution in [3.63, 3.8) is 0 Å². The number of nitrogens with zero attached hydrogens (tertiary/aromatic N) is 3. The minimum atomic E-state index is -0.498. The van der Waals surface area contributed by atoms with Crippen molar-refractivity contribution in [1.29, 1.82) is 0 Å². The Labute approximate surface area is 215 Å². The molecule has 1 saturated heterocycles. The van der Waals surface area contributed by atoms with Gasteiger partial charge in [0.25, 0.3) is 5.91 Å². The Hall–Kier alpha value is -2.04.